The molecule has 1 N–H and O–H groups in total. The molecule has 0 saturated carbocycles. The van der Waals surface area contributed by atoms with Crippen molar-refractivity contribution >= 4 is 34.0 Å². The molecule has 3 aromatic rings. The van der Waals surface area contributed by atoms with E-state index in [4.69, 9.17) is 4.74 Å². The lowest BCUT2D eigenvalue weighted by Gasteiger charge is -2.15. The molecule has 2 heterocycles. The highest BCUT2D eigenvalue weighted by molar-refractivity contribution is 7.15. The Hall–Kier alpha value is -3.26. The number of anilines is 2. The molecule has 0 spiro atoms. The van der Waals surface area contributed by atoms with Gasteiger partial charge in [-0.05, 0) is 36.2 Å². The molecular weight excluding hydrogens is 400 g/mol. The molecule has 30 heavy (non-hydrogen) atoms. The summed E-state index contributed by atoms with van der Waals surface area (Å²) in [5.74, 6) is 0.745. The van der Waals surface area contributed by atoms with Crippen molar-refractivity contribution in [2.24, 2.45) is 0 Å². The Bertz CT molecular complexity index is 1020. The Kier molecular flexibility index (Phi) is 6.04. The monoisotopic (exact) mass is 422 g/mol. The van der Waals surface area contributed by atoms with Crippen molar-refractivity contribution in [3.63, 3.8) is 0 Å². The van der Waals surface area contributed by atoms with Gasteiger partial charge in [-0.15, -0.1) is 10.2 Å². The van der Waals surface area contributed by atoms with Gasteiger partial charge in [0, 0.05) is 31.0 Å². The van der Waals surface area contributed by atoms with E-state index in [0.29, 0.717) is 30.9 Å². The molecule has 0 radical (unpaired) electrons. The van der Waals surface area contributed by atoms with Crippen LogP contribution in [0, 0.1) is 0 Å². The fourth-order valence-corrected chi connectivity index (χ4v) is 4.26. The van der Waals surface area contributed by atoms with Crippen LogP contribution in [0.25, 0.3) is 0 Å². The van der Waals surface area contributed by atoms with Crippen LogP contribution in [0.4, 0.5) is 10.8 Å². The first-order valence-electron chi connectivity index (χ1n) is 9.74. The number of aryl methyl sites for hydroxylation is 1. The number of hydrogen-bond acceptors (Lipinski definition) is 6. The van der Waals surface area contributed by atoms with E-state index in [-0.39, 0.29) is 17.7 Å². The summed E-state index contributed by atoms with van der Waals surface area (Å²) >= 11 is 1.33. The number of benzene rings is 2. The summed E-state index contributed by atoms with van der Waals surface area (Å²) in [7, 11) is 1.62. The fourth-order valence-electron chi connectivity index (χ4n) is 3.41. The number of rotatable bonds is 7. The molecule has 1 saturated heterocycles. The van der Waals surface area contributed by atoms with Gasteiger partial charge in [-0.2, -0.15) is 0 Å². The van der Waals surface area contributed by atoms with Crippen LogP contribution in [-0.4, -0.2) is 35.7 Å². The molecule has 1 aliphatic heterocycles. The molecule has 4 rings (SSSR count). The molecule has 1 aromatic heterocycles. The maximum absolute atomic E-state index is 12.4. The number of nitrogens with one attached hydrogen (secondary N) is 1. The van der Waals surface area contributed by atoms with Crippen LogP contribution in [0.15, 0.2) is 54.6 Å². The van der Waals surface area contributed by atoms with E-state index >= 15 is 0 Å². The molecule has 2 amide bonds. The van der Waals surface area contributed by atoms with Crippen molar-refractivity contribution in [1.82, 2.24) is 10.2 Å². The second-order valence-electron chi connectivity index (χ2n) is 7.08. The molecule has 0 unspecified atom stereocenters. The molecule has 7 nitrogen and oxygen atoms in total. The van der Waals surface area contributed by atoms with E-state index in [9.17, 15) is 9.59 Å². The van der Waals surface area contributed by atoms with Gasteiger partial charge >= 0.3 is 0 Å². The first-order valence-corrected chi connectivity index (χ1v) is 10.6. The first kappa shape index (κ1) is 20.0. The van der Waals surface area contributed by atoms with Crippen LogP contribution < -0.4 is 15.0 Å². The predicted octanol–water partition coefficient (Wildman–Crippen LogP) is 3.64. The van der Waals surface area contributed by atoms with E-state index in [0.717, 1.165) is 22.0 Å². The van der Waals surface area contributed by atoms with Crippen LogP contribution >= 0.6 is 11.3 Å². The summed E-state index contributed by atoms with van der Waals surface area (Å²) < 4.78 is 5.14. The SMILES string of the molecule is COc1ccc(CCC(=O)Nc2nnc([C@@H]3CC(=O)N(c4ccccc4)C3)s2)cc1. The highest BCUT2D eigenvalue weighted by Crippen LogP contribution is 2.34. The number of hydrogen-bond donors (Lipinski definition) is 1. The topological polar surface area (TPSA) is 84.4 Å². The van der Waals surface area contributed by atoms with Gasteiger partial charge in [0.15, 0.2) is 0 Å². The zero-order valence-electron chi connectivity index (χ0n) is 16.6. The number of carbonyl (C=O) groups is 2. The Morgan fingerprint density at radius 3 is 2.67 bits per heavy atom. The van der Waals surface area contributed by atoms with Gasteiger partial charge in [-0.1, -0.05) is 41.7 Å². The van der Waals surface area contributed by atoms with Crippen molar-refractivity contribution in [2.75, 3.05) is 23.9 Å². The van der Waals surface area contributed by atoms with Gasteiger partial charge in [-0.25, -0.2) is 0 Å². The summed E-state index contributed by atoms with van der Waals surface area (Å²) in [5, 5.41) is 12.4. The van der Waals surface area contributed by atoms with Crippen molar-refractivity contribution in [3.8, 4) is 5.75 Å². The number of nitrogens with zero attached hydrogens (tertiary/aromatic N) is 3. The minimum atomic E-state index is -0.109. The normalized spacial score (nSPS) is 16.0. The summed E-state index contributed by atoms with van der Waals surface area (Å²) in [6.45, 7) is 0.572. The number of ether oxygens (including phenoxy) is 1. The molecule has 1 fully saturated rings. The average Bonchev–Trinajstić information content (AvgIpc) is 3.39. The maximum atomic E-state index is 12.4. The third kappa shape index (κ3) is 4.65. The minimum Gasteiger partial charge on any atom is -0.497 e. The molecule has 154 valence electrons. The quantitative estimate of drug-likeness (QED) is 0.628. The predicted molar refractivity (Wildman–Crippen MR) is 116 cm³/mol. The number of aromatic nitrogens is 2. The highest BCUT2D eigenvalue weighted by Gasteiger charge is 2.33. The van der Waals surface area contributed by atoms with Gasteiger partial charge in [0.2, 0.25) is 16.9 Å². The van der Waals surface area contributed by atoms with Gasteiger partial charge in [0.1, 0.15) is 10.8 Å². The highest BCUT2D eigenvalue weighted by atomic mass is 32.1. The number of methoxy groups -OCH3 is 1. The number of para-hydroxylation sites is 1. The molecule has 8 heteroatoms. The van der Waals surface area contributed by atoms with E-state index in [1.807, 2.05) is 54.6 Å². The Morgan fingerprint density at radius 1 is 1.17 bits per heavy atom. The summed E-state index contributed by atoms with van der Waals surface area (Å²) in [6, 6.07) is 17.3. The second kappa shape index (κ2) is 9.04. The third-order valence-corrected chi connectivity index (χ3v) is 6.03. The lowest BCUT2D eigenvalue weighted by molar-refractivity contribution is -0.117. The smallest absolute Gasteiger partial charge is 0.227 e. The fraction of sp³-hybridized carbons (Fsp3) is 0.273. The average molecular weight is 423 g/mol. The molecule has 1 atom stereocenters. The lowest BCUT2D eigenvalue weighted by Crippen LogP contribution is -2.24. The maximum Gasteiger partial charge on any atom is 0.227 e. The zero-order chi connectivity index (χ0) is 20.9. The van der Waals surface area contributed by atoms with E-state index in [1.165, 1.54) is 11.3 Å². The van der Waals surface area contributed by atoms with Crippen LogP contribution in [0.2, 0.25) is 0 Å². The Morgan fingerprint density at radius 2 is 1.93 bits per heavy atom. The van der Waals surface area contributed by atoms with Gasteiger partial charge in [-0.3, -0.25) is 9.59 Å². The van der Waals surface area contributed by atoms with Crippen LogP contribution in [-0.2, 0) is 16.0 Å². The summed E-state index contributed by atoms with van der Waals surface area (Å²) in [6.07, 6.45) is 1.38. The number of amides is 2. The van der Waals surface area contributed by atoms with Crippen molar-refractivity contribution in [1.29, 1.82) is 0 Å². The molecule has 1 aliphatic rings. The Balaban J connectivity index is 1.31. The van der Waals surface area contributed by atoms with Gasteiger partial charge < -0.3 is 15.0 Å². The van der Waals surface area contributed by atoms with Crippen LogP contribution in [0.5, 0.6) is 5.75 Å². The zero-order valence-corrected chi connectivity index (χ0v) is 17.4. The van der Waals surface area contributed by atoms with Gasteiger partial charge in [0.05, 0.1) is 7.11 Å². The first-order chi connectivity index (χ1) is 14.6. The number of carbonyl (C=O) groups excluding carboxylic acids is 2. The van der Waals surface area contributed by atoms with Crippen LogP contribution in [0.3, 0.4) is 0 Å². The lowest BCUT2D eigenvalue weighted by atomic mass is 10.1. The molecule has 2 aromatic carbocycles. The standard InChI is InChI=1S/C22H22N4O3S/c1-29-18-10-7-15(8-11-18)9-12-19(27)23-22-25-24-21(30-22)16-13-20(28)26(14-16)17-5-3-2-4-6-17/h2-8,10-11,16H,9,12-14H2,1H3,(H,23,25,27)/t16-/m1/s1. The van der Waals surface area contributed by atoms with E-state index < -0.39 is 0 Å². The largest absolute Gasteiger partial charge is 0.497 e. The van der Waals surface area contributed by atoms with E-state index in [1.54, 1.807) is 12.0 Å². The van der Waals surface area contributed by atoms with Crippen molar-refractivity contribution in [3.05, 3.63) is 65.2 Å². The van der Waals surface area contributed by atoms with Crippen LogP contribution in [0.1, 0.15) is 29.3 Å². The Labute approximate surface area is 178 Å². The third-order valence-electron chi connectivity index (χ3n) is 5.03. The molecule has 0 bridgehead atoms. The second-order valence-corrected chi connectivity index (χ2v) is 8.09. The molecule has 0 aliphatic carbocycles. The van der Waals surface area contributed by atoms with Crippen molar-refractivity contribution in [2.45, 2.75) is 25.2 Å². The summed E-state index contributed by atoms with van der Waals surface area (Å²) in [5.41, 5.74) is 1.95. The molecular formula is C22H22N4O3S. The summed E-state index contributed by atoms with van der Waals surface area (Å²) in [4.78, 5) is 26.5. The van der Waals surface area contributed by atoms with E-state index in [2.05, 4.69) is 15.5 Å². The minimum absolute atomic E-state index is 0.0137. The van der Waals surface area contributed by atoms with Crippen molar-refractivity contribution < 1.29 is 14.3 Å². The van der Waals surface area contributed by atoms with Gasteiger partial charge in [0.25, 0.3) is 0 Å².